The number of hydrogen-bond acceptors (Lipinski definition) is 4. The van der Waals surface area contributed by atoms with Crippen LogP contribution in [0.4, 0.5) is 0 Å². The fourth-order valence-electron chi connectivity index (χ4n) is 2.65. The Morgan fingerprint density at radius 3 is 2.12 bits per heavy atom. The van der Waals surface area contributed by atoms with E-state index in [9.17, 15) is 13.2 Å². The first-order valence-electron chi connectivity index (χ1n) is 7.81. The summed E-state index contributed by atoms with van der Waals surface area (Å²) in [6.45, 7) is 13.2. The van der Waals surface area contributed by atoms with Crippen LogP contribution >= 0.6 is 0 Å². The van der Waals surface area contributed by atoms with Crippen LogP contribution in [-0.2, 0) is 19.4 Å². The summed E-state index contributed by atoms with van der Waals surface area (Å²) in [5, 5.41) is 0. The average Bonchev–Trinajstić information content (AvgIpc) is 2.52. The van der Waals surface area contributed by atoms with Crippen LogP contribution < -0.4 is 0 Å². The maximum atomic E-state index is 13.4. The highest BCUT2D eigenvalue weighted by Gasteiger charge is 2.52. The van der Waals surface area contributed by atoms with Crippen LogP contribution in [0.2, 0.25) is 0 Å². The van der Waals surface area contributed by atoms with Crippen LogP contribution in [-0.4, -0.2) is 26.2 Å². The Morgan fingerprint density at radius 2 is 1.71 bits per heavy atom. The van der Waals surface area contributed by atoms with Crippen LogP contribution in [0, 0.1) is 6.92 Å². The van der Waals surface area contributed by atoms with Gasteiger partial charge in [-0.15, -0.1) is 6.58 Å². The van der Waals surface area contributed by atoms with Gasteiger partial charge in [0.1, 0.15) is 0 Å². The third-order valence-corrected chi connectivity index (χ3v) is 6.40. The first kappa shape index (κ1) is 20.2. The van der Waals surface area contributed by atoms with Gasteiger partial charge in [-0.1, -0.05) is 42.3 Å². The van der Waals surface area contributed by atoms with E-state index in [0.29, 0.717) is 17.6 Å². The van der Waals surface area contributed by atoms with Gasteiger partial charge in [-0.3, -0.25) is 4.79 Å². The Labute approximate surface area is 145 Å². The monoisotopic (exact) mass is 350 g/mol. The van der Waals surface area contributed by atoms with Gasteiger partial charge >= 0.3 is 5.97 Å². The smallest absolute Gasteiger partial charge is 0.328 e. The molecular weight excluding hydrogens is 324 g/mol. The third-order valence-electron chi connectivity index (χ3n) is 4.03. The molecule has 4 nitrogen and oxygen atoms in total. The van der Waals surface area contributed by atoms with Gasteiger partial charge < -0.3 is 4.74 Å². The number of rotatable bonds is 8. The van der Waals surface area contributed by atoms with Gasteiger partial charge in [0.15, 0.2) is 14.6 Å². The second-order valence-electron chi connectivity index (χ2n) is 6.22. The lowest BCUT2D eigenvalue weighted by molar-refractivity contribution is -0.143. The molecule has 1 atom stereocenters. The minimum absolute atomic E-state index is 0.00506. The van der Waals surface area contributed by atoms with Gasteiger partial charge in [0.25, 0.3) is 0 Å². The first-order valence-corrected chi connectivity index (χ1v) is 9.29. The minimum Gasteiger partial charge on any atom is -0.468 e. The molecule has 1 aromatic carbocycles. The molecule has 1 unspecified atom stereocenters. The molecule has 0 saturated heterocycles. The van der Waals surface area contributed by atoms with Crippen molar-refractivity contribution >= 4 is 15.8 Å². The van der Waals surface area contributed by atoms with E-state index < -0.39 is 20.6 Å². The molecule has 0 amide bonds. The molecule has 0 radical (unpaired) electrons. The number of sulfone groups is 1. The topological polar surface area (TPSA) is 60.4 Å². The second-order valence-corrected chi connectivity index (χ2v) is 8.48. The predicted molar refractivity (Wildman–Crippen MR) is 96.6 cm³/mol. The lowest BCUT2D eigenvalue weighted by atomic mass is 9.92. The quantitative estimate of drug-likeness (QED) is 0.525. The van der Waals surface area contributed by atoms with Crippen molar-refractivity contribution in [3.63, 3.8) is 0 Å². The number of ether oxygens (including phenoxy) is 1. The standard InChI is InChI=1S/C19H26O4S/c1-7-15(4)13-19(12-14(2)3,18(20)23-6)24(21,22)17-10-8-16(5)9-11-17/h8-11H,2,4,7,12-13H2,1,3,5-6H3. The lowest BCUT2D eigenvalue weighted by Crippen LogP contribution is -2.48. The molecule has 0 aliphatic heterocycles. The SMILES string of the molecule is C=C(C)CC(CC(=C)CC)(C(=O)OC)S(=O)(=O)c1ccc(C)cc1. The maximum Gasteiger partial charge on any atom is 0.328 e. The molecule has 0 N–H and O–H groups in total. The third kappa shape index (κ3) is 3.96. The normalized spacial score (nSPS) is 13.8. The number of aryl methyl sites for hydroxylation is 1. The Morgan fingerprint density at radius 1 is 1.17 bits per heavy atom. The highest BCUT2D eigenvalue weighted by atomic mass is 32.2. The van der Waals surface area contributed by atoms with Gasteiger partial charge in [0, 0.05) is 0 Å². The summed E-state index contributed by atoms with van der Waals surface area (Å²) in [5.41, 5.74) is 2.22. The van der Waals surface area contributed by atoms with Crippen molar-refractivity contribution in [2.24, 2.45) is 0 Å². The molecule has 0 aliphatic rings. The fraction of sp³-hybridized carbons (Fsp3) is 0.421. The number of carbonyl (C=O) groups is 1. The summed E-state index contributed by atoms with van der Waals surface area (Å²) >= 11 is 0. The van der Waals surface area contributed by atoms with E-state index >= 15 is 0 Å². The Hall–Kier alpha value is -1.88. The fourth-order valence-corrected chi connectivity index (χ4v) is 4.73. The van der Waals surface area contributed by atoms with Gasteiger partial charge in [-0.2, -0.15) is 0 Å². The molecule has 0 bridgehead atoms. The summed E-state index contributed by atoms with van der Waals surface area (Å²) in [7, 11) is -2.78. The van der Waals surface area contributed by atoms with E-state index in [4.69, 9.17) is 4.74 Å². The van der Waals surface area contributed by atoms with E-state index in [2.05, 4.69) is 13.2 Å². The number of methoxy groups -OCH3 is 1. The van der Waals surface area contributed by atoms with Crippen molar-refractivity contribution in [1.29, 1.82) is 0 Å². The molecule has 0 saturated carbocycles. The van der Waals surface area contributed by atoms with Crippen molar-refractivity contribution in [2.45, 2.75) is 49.7 Å². The Balaban J connectivity index is 3.64. The molecule has 0 aromatic heterocycles. The molecule has 0 spiro atoms. The number of allylic oxidation sites excluding steroid dienone is 2. The molecule has 5 heteroatoms. The van der Waals surface area contributed by atoms with Crippen molar-refractivity contribution in [2.75, 3.05) is 7.11 Å². The minimum atomic E-state index is -3.99. The van der Waals surface area contributed by atoms with Crippen LogP contribution in [0.15, 0.2) is 53.5 Å². The summed E-state index contributed by atoms with van der Waals surface area (Å²) in [4.78, 5) is 12.7. The first-order chi connectivity index (χ1) is 11.1. The second kappa shape index (κ2) is 7.79. The molecule has 0 fully saturated rings. The van der Waals surface area contributed by atoms with Gasteiger partial charge in [-0.25, -0.2) is 8.42 Å². The zero-order chi connectivity index (χ0) is 18.5. The molecule has 0 aliphatic carbocycles. The van der Waals surface area contributed by atoms with E-state index in [1.165, 1.54) is 19.2 Å². The van der Waals surface area contributed by atoms with Gasteiger partial charge in [-0.05, 0) is 45.2 Å². The van der Waals surface area contributed by atoms with Crippen molar-refractivity contribution in [3.8, 4) is 0 Å². The summed E-state index contributed by atoms with van der Waals surface area (Å²) in [5.74, 6) is -0.777. The number of benzene rings is 1. The molecule has 1 rings (SSSR count). The number of hydrogen-bond donors (Lipinski definition) is 0. The molecular formula is C19H26O4S. The largest absolute Gasteiger partial charge is 0.468 e. The number of esters is 1. The van der Waals surface area contributed by atoms with Crippen molar-refractivity contribution < 1.29 is 17.9 Å². The Bertz CT molecular complexity index is 729. The highest BCUT2D eigenvalue weighted by molar-refractivity contribution is 7.93. The van der Waals surface area contributed by atoms with E-state index in [1.54, 1.807) is 19.1 Å². The average molecular weight is 350 g/mol. The van der Waals surface area contributed by atoms with Crippen molar-refractivity contribution in [1.82, 2.24) is 0 Å². The lowest BCUT2D eigenvalue weighted by Gasteiger charge is -2.31. The molecule has 1 aromatic rings. The highest BCUT2D eigenvalue weighted by Crippen LogP contribution is 2.38. The van der Waals surface area contributed by atoms with E-state index in [1.807, 2.05) is 13.8 Å². The van der Waals surface area contributed by atoms with Gasteiger partial charge in [0.05, 0.1) is 12.0 Å². The van der Waals surface area contributed by atoms with Crippen LogP contribution in [0.1, 0.15) is 38.7 Å². The zero-order valence-corrected chi connectivity index (χ0v) is 15.7. The van der Waals surface area contributed by atoms with Crippen LogP contribution in [0.5, 0.6) is 0 Å². The van der Waals surface area contributed by atoms with E-state index in [0.717, 1.165) is 5.56 Å². The summed E-state index contributed by atoms with van der Waals surface area (Å²) in [6, 6.07) is 6.47. The number of carbonyl (C=O) groups excluding carboxylic acids is 1. The van der Waals surface area contributed by atoms with Crippen LogP contribution in [0.25, 0.3) is 0 Å². The maximum absolute atomic E-state index is 13.4. The van der Waals surface area contributed by atoms with E-state index in [-0.39, 0.29) is 17.7 Å². The molecule has 24 heavy (non-hydrogen) atoms. The predicted octanol–water partition coefficient (Wildman–Crippen LogP) is 4.00. The Kier molecular flexibility index (Phi) is 6.55. The molecule has 132 valence electrons. The van der Waals surface area contributed by atoms with Gasteiger partial charge in [0.2, 0.25) is 0 Å². The van der Waals surface area contributed by atoms with Crippen LogP contribution in [0.3, 0.4) is 0 Å². The zero-order valence-electron chi connectivity index (χ0n) is 14.9. The molecule has 0 heterocycles. The summed E-state index contributed by atoms with van der Waals surface area (Å²) < 4.78 is 29.9. The van der Waals surface area contributed by atoms with Crippen molar-refractivity contribution in [3.05, 3.63) is 54.1 Å². The summed E-state index contributed by atoms with van der Waals surface area (Å²) in [6.07, 6.45) is 0.590.